The number of hydrogen-bond acceptors (Lipinski definition) is 4. The monoisotopic (exact) mass is 312 g/mol. The van der Waals surface area contributed by atoms with Crippen molar-refractivity contribution in [1.29, 1.82) is 0 Å². The van der Waals surface area contributed by atoms with Crippen LogP contribution in [0.3, 0.4) is 0 Å². The van der Waals surface area contributed by atoms with Crippen molar-refractivity contribution in [1.82, 2.24) is 4.98 Å². The minimum atomic E-state index is -0.0609. The third-order valence-corrected chi connectivity index (χ3v) is 4.39. The summed E-state index contributed by atoms with van der Waals surface area (Å²) in [6, 6.07) is 9.24. The standard InChI is InChI=1S/C17H16N2O2S/c1-2-10-21-15-6-4-3-5-13(15)17(20)19-9-11-22-16-7-8-18-12-14(16)19/h2-8,12H,1,9-11H2. The minimum Gasteiger partial charge on any atom is -0.489 e. The first-order valence-electron chi connectivity index (χ1n) is 7.02. The molecule has 0 bridgehead atoms. The summed E-state index contributed by atoms with van der Waals surface area (Å²) in [5, 5.41) is 0. The Kier molecular flexibility index (Phi) is 4.44. The number of ether oxygens (including phenoxy) is 1. The maximum atomic E-state index is 12.9. The molecule has 0 atom stereocenters. The number of thioether (sulfide) groups is 1. The van der Waals surface area contributed by atoms with E-state index in [2.05, 4.69) is 11.6 Å². The zero-order valence-electron chi connectivity index (χ0n) is 12.1. The molecule has 1 amide bonds. The maximum absolute atomic E-state index is 12.9. The van der Waals surface area contributed by atoms with Gasteiger partial charge in [0.25, 0.3) is 5.91 Å². The highest BCUT2D eigenvalue weighted by Crippen LogP contribution is 2.35. The van der Waals surface area contributed by atoms with E-state index in [1.165, 1.54) is 0 Å². The van der Waals surface area contributed by atoms with Gasteiger partial charge in [-0.3, -0.25) is 9.78 Å². The molecule has 0 aliphatic carbocycles. The highest BCUT2D eigenvalue weighted by Gasteiger charge is 2.26. The van der Waals surface area contributed by atoms with E-state index in [9.17, 15) is 4.79 Å². The number of pyridine rings is 1. The molecule has 1 aromatic heterocycles. The summed E-state index contributed by atoms with van der Waals surface area (Å²) in [6.45, 7) is 4.68. The summed E-state index contributed by atoms with van der Waals surface area (Å²) in [6.07, 6.45) is 5.16. The van der Waals surface area contributed by atoms with Gasteiger partial charge in [-0.15, -0.1) is 11.8 Å². The Bertz CT molecular complexity index is 703. The minimum absolute atomic E-state index is 0.0609. The molecule has 2 aromatic rings. The lowest BCUT2D eigenvalue weighted by atomic mass is 10.1. The van der Waals surface area contributed by atoms with E-state index in [0.29, 0.717) is 24.5 Å². The number of para-hydroxylation sites is 1. The molecule has 1 aliphatic rings. The summed E-state index contributed by atoms with van der Waals surface area (Å²) < 4.78 is 5.60. The van der Waals surface area contributed by atoms with Crippen molar-refractivity contribution >= 4 is 23.4 Å². The van der Waals surface area contributed by atoms with Crippen LogP contribution in [0, 0.1) is 0 Å². The van der Waals surface area contributed by atoms with Gasteiger partial charge < -0.3 is 9.64 Å². The summed E-state index contributed by atoms with van der Waals surface area (Å²) in [5.74, 6) is 1.39. The summed E-state index contributed by atoms with van der Waals surface area (Å²) in [5.41, 5.74) is 1.42. The van der Waals surface area contributed by atoms with E-state index in [1.54, 1.807) is 47.3 Å². The Morgan fingerprint density at radius 1 is 1.41 bits per heavy atom. The van der Waals surface area contributed by atoms with Crippen molar-refractivity contribution in [3.8, 4) is 5.75 Å². The number of anilines is 1. The summed E-state index contributed by atoms with van der Waals surface area (Å²) in [4.78, 5) is 19.9. The molecule has 0 spiro atoms. The third kappa shape index (κ3) is 2.85. The van der Waals surface area contributed by atoms with Gasteiger partial charge in [-0.25, -0.2) is 0 Å². The largest absolute Gasteiger partial charge is 0.489 e. The molecule has 112 valence electrons. The van der Waals surface area contributed by atoms with Crippen LogP contribution < -0.4 is 9.64 Å². The lowest BCUT2D eigenvalue weighted by Crippen LogP contribution is -2.35. The van der Waals surface area contributed by atoms with Crippen molar-refractivity contribution < 1.29 is 9.53 Å². The van der Waals surface area contributed by atoms with E-state index in [0.717, 1.165) is 16.3 Å². The molecule has 2 heterocycles. The molecule has 3 rings (SSSR count). The smallest absolute Gasteiger partial charge is 0.262 e. The fourth-order valence-electron chi connectivity index (χ4n) is 2.34. The number of carbonyl (C=O) groups is 1. The first-order chi connectivity index (χ1) is 10.8. The van der Waals surface area contributed by atoms with Gasteiger partial charge in [0.2, 0.25) is 0 Å². The summed E-state index contributed by atoms with van der Waals surface area (Å²) in [7, 11) is 0. The van der Waals surface area contributed by atoms with Gasteiger partial charge in [-0.2, -0.15) is 0 Å². The molecule has 5 heteroatoms. The van der Waals surface area contributed by atoms with Crippen molar-refractivity contribution in [2.75, 3.05) is 23.8 Å². The van der Waals surface area contributed by atoms with E-state index in [1.807, 2.05) is 18.2 Å². The molecule has 1 aliphatic heterocycles. The average Bonchev–Trinajstić information content (AvgIpc) is 2.59. The van der Waals surface area contributed by atoms with Crippen LogP contribution in [0.5, 0.6) is 5.75 Å². The van der Waals surface area contributed by atoms with E-state index >= 15 is 0 Å². The van der Waals surface area contributed by atoms with Crippen LogP contribution in [0.1, 0.15) is 10.4 Å². The van der Waals surface area contributed by atoms with Gasteiger partial charge in [-0.05, 0) is 18.2 Å². The highest BCUT2D eigenvalue weighted by atomic mass is 32.2. The SMILES string of the molecule is C=CCOc1ccccc1C(=O)N1CCSc2ccncc21. The second-order valence-electron chi connectivity index (χ2n) is 4.74. The van der Waals surface area contributed by atoms with Crippen LogP contribution in [0.4, 0.5) is 5.69 Å². The molecule has 0 unspecified atom stereocenters. The molecular formula is C17H16N2O2S. The number of nitrogens with zero attached hydrogens (tertiary/aromatic N) is 2. The Morgan fingerprint density at radius 3 is 3.14 bits per heavy atom. The van der Waals surface area contributed by atoms with Crippen LogP contribution in [0.2, 0.25) is 0 Å². The lowest BCUT2D eigenvalue weighted by molar-refractivity contribution is 0.0984. The number of amides is 1. The van der Waals surface area contributed by atoms with Crippen molar-refractivity contribution in [2.45, 2.75) is 4.90 Å². The number of benzene rings is 1. The van der Waals surface area contributed by atoms with Crippen LogP contribution in [0.15, 0.2) is 60.3 Å². The fraction of sp³-hybridized carbons (Fsp3) is 0.176. The number of hydrogen-bond donors (Lipinski definition) is 0. The molecule has 0 radical (unpaired) electrons. The van der Waals surface area contributed by atoms with Crippen LogP contribution in [-0.2, 0) is 0 Å². The Hall–Kier alpha value is -2.27. The predicted molar refractivity (Wildman–Crippen MR) is 88.8 cm³/mol. The average molecular weight is 312 g/mol. The van der Waals surface area contributed by atoms with Gasteiger partial charge >= 0.3 is 0 Å². The zero-order valence-corrected chi connectivity index (χ0v) is 12.9. The maximum Gasteiger partial charge on any atom is 0.262 e. The zero-order chi connectivity index (χ0) is 15.4. The van der Waals surface area contributed by atoms with Gasteiger partial charge in [0.15, 0.2) is 0 Å². The molecule has 0 saturated carbocycles. The van der Waals surface area contributed by atoms with Crippen molar-refractivity contribution in [3.05, 3.63) is 60.9 Å². The quantitative estimate of drug-likeness (QED) is 0.812. The van der Waals surface area contributed by atoms with Gasteiger partial charge in [-0.1, -0.05) is 24.8 Å². The first kappa shape index (κ1) is 14.7. The Morgan fingerprint density at radius 2 is 2.27 bits per heavy atom. The number of carbonyl (C=O) groups excluding carboxylic acids is 1. The molecule has 0 saturated heterocycles. The molecule has 0 N–H and O–H groups in total. The lowest BCUT2D eigenvalue weighted by Gasteiger charge is -2.29. The van der Waals surface area contributed by atoms with E-state index < -0.39 is 0 Å². The molecule has 22 heavy (non-hydrogen) atoms. The van der Waals surface area contributed by atoms with Gasteiger partial charge in [0.1, 0.15) is 12.4 Å². The number of rotatable bonds is 4. The Labute approximate surface area is 133 Å². The molecule has 0 fully saturated rings. The Balaban J connectivity index is 1.94. The fourth-order valence-corrected chi connectivity index (χ4v) is 3.30. The highest BCUT2D eigenvalue weighted by molar-refractivity contribution is 7.99. The second-order valence-corrected chi connectivity index (χ2v) is 5.88. The van der Waals surface area contributed by atoms with Gasteiger partial charge in [0, 0.05) is 23.4 Å². The number of aromatic nitrogens is 1. The third-order valence-electron chi connectivity index (χ3n) is 3.34. The second kappa shape index (κ2) is 6.66. The molecule has 1 aromatic carbocycles. The summed E-state index contributed by atoms with van der Waals surface area (Å²) >= 11 is 1.74. The predicted octanol–water partition coefficient (Wildman–Crippen LogP) is 3.40. The topological polar surface area (TPSA) is 42.4 Å². The van der Waals surface area contributed by atoms with Crippen LogP contribution in [-0.4, -0.2) is 29.8 Å². The van der Waals surface area contributed by atoms with Gasteiger partial charge in [0.05, 0.1) is 17.4 Å². The van der Waals surface area contributed by atoms with E-state index in [4.69, 9.17) is 4.74 Å². The van der Waals surface area contributed by atoms with Crippen LogP contribution >= 0.6 is 11.8 Å². The number of fused-ring (bicyclic) bond motifs is 1. The molecular weight excluding hydrogens is 296 g/mol. The van der Waals surface area contributed by atoms with Crippen LogP contribution in [0.25, 0.3) is 0 Å². The first-order valence-corrected chi connectivity index (χ1v) is 8.01. The molecule has 4 nitrogen and oxygen atoms in total. The van der Waals surface area contributed by atoms with Crippen molar-refractivity contribution in [2.24, 2.45) is 0 Å². The van der Waals surface area contributed by atoms with Crippen molar-refractivity contribution in [3.63, 3.8) is 0 Å². The normalized spacial score (nSPS) is 13.4. The van der Waals surface area contributed by atoms with E-state index in [-0.39, 0.29) is 5.91 Å².